The largest absolute Gasteiger partial charge is 0.463 e. The van der Waals surface area contributed by atoms with Crippen molar-refractivity contribution in [2.45, 2.75) is 46.0 Å². The first kappa shape index (κ1) is 18.1. The molecule has 0 saturated heterocycles. The van der Waals surface area contributed by atoms with E-state index in [0.29, 0.717) is 38.8 Å². The molecule has 0 spiro atoms. The first-order chi connectivity index (χ1) is 9.16. The second-order valence-corrected chi connectivity index (χ2v) is 4.25. The molecule has 1 saturated carbocycles. The lowest BCUT2D eigenvalue weighted by molar-refractivity contribution is -0.142. The van der Waals surface area contributed by atoms with E-state index in [1.165, 1.54) is 13.3 Å². The second-order valence-electron chi connectivity index (χ2n) is 4.25. The molecule has 0 aliphatic heterocycles. The molecule has 5 heteroatoms. The van der Waals surface area contributed by atoms with Gasteiger partial charge in [0.15, 0.2) is 0 Å². The minimum absolute atomic E-state index is 0.275. The lowest BCUT2D eigenvalue weighted by Crippen LogP contribution is -2.10. The maximum Gasteiger partial charge on any atom is 0.302 e. The van der Waals surface area contributed by atoms with Gasteiger partial charge >= 0.3 is 5.97 Å². The van der Waals surface area contributed by atoms with Crippen LogP contribution < -0.4 is 0 Å². The van der Waals surface area contributed by atoms with Crippen molar-refractivity contribution in [3.63, 3.8) is 0 Å². The monoisotopic (exact) mass is 274 g/mol. The van der Waals surface area contributed by atoms with Crippen molar-refractivity contribution >= 4 is 11.8 Å². The van der Waals surface area contributed by atoms with Gasteiger partial charge in [0, 0.05) is 26.4 Å². The van der Waals surface area contributed by atoms with E-state index in [0.717, 1.165) is 25.7 Å². The number of esters is 1. The van der Waals surface area contributed by atoms with Gasteiger partial charge in [-0.2, -0.15) is 0 Å². The average Bonchev–Trinajstić information content (AvgIpc) is 2.39. The molecule has 0 N–H and O–H groups in total. The smallest absolute Gasteiger partial charge is 0.302 e. The predicted octanol–water partition coefficient (Wildman–Crippen LogP) is 2.12. The summed E-state index contributed by atoms with van der Waals surface area (Å²) >= 11 is 0. The minimum atomic E-state index is -0.275. The molecule has 0 atom stereocenters. The highest BCUT2D eigenvalue weighted by atomic mass is 16.6. The van der Waals surface area contributed by atoms with Crippen LogP contribution in [0.4, 0.5) is 0 Å². The third-order valence-corrected chi connectivity index (χ3v) is 2.52. The Labute approximate surface area is 115 Å². The first-order valence-corrected chi connectivity index (χ1v) is 6.97. The van der Waals surface area contributed by atoms with E-state index in [1.807, 2.05) is 6.92 Å². The van der Waals surface area contributed by atoms with Crippen LogP contribution in [0.2, 0.25) is 0 Å². The Balaban J connectivity index is 0.000000388. The van der Waals surface area contributed by atoms with E-state index in [9.17, 15) is 9.59 Å². The van der Waals surface area contributed by atoms with Crippen molar-refractivity contribution in [3.05, 3.63) is 0 Å². The fourth-order valence-electron chi connectivity index (χ4n) is 1.55. The quantitative estimate of drug-likeness (QED) is 0.525. The third kappa shape index (κ3) is 15.0. The highest BCUT2D eigenvalue weighted by molar-refractivity contribution is 5.78. The number of Topliss-reactive ketones (excluding diaryl/α,β-unsaturated/α-hetero) is 1. The van der Waals surface area contributed by atoms with Gasteiger partial charge in [-0.3, -0.25) is 9.59 Å². The van der Waals surface area contributed by atoms with Gasteiger partial charge < -0.3 is 14.2 Å². The molecular formula is C14H26O5. The van der Waals surface area contributed by atoms with Crippen LogP contribution in [0.1, 0.15) is 46.0 Å². The third-order valence-electron chi connectivity index (χ3n) is 2.52. The van der Waals surface area contributed by atoms with E-state index < -0.39 is 0 Å². The summed E-state index contributed by atoms with van der Waals surface area (Å²) in [5, 5.41) is 0. The van der Waals surface area contributed by atoms with Crippen molar-refractivity contribution in [2.75, 3.05) is 33.0 Å². The summed E-state index contributed by atoms with van der Waals surface area (Å²) in [5.74, 6) is 0.189. The summed E-state index contributed by atoms with van der Waals surface area (Å²) in [6.07, 6.45) is 5.24. The highest BCUT2D eigenvalue weighted by Gasteiger charge is 2.05. The molecule has 0 amide bonds. The Hall–Kier alpha value is -0.940. The van der Waals surface area contributed by atoms with Crippen molar-refractivity contribution in [2.24, 2.45) is 0 Å². The summed E-state index contributed by atoms with van der Waals surface area (Å²) in [7, 11) is 0. The number of carbonyl (C=O) groups excluding carboxylic acids is 2. The van der Waals surface area contributed by atoms with Gasteiger partial charge in [0.25, 0.3) is 0 Å². The van der Waals surface area contributed by atoms with Gasteiger partial charge in [-0.15, -0.1) is 0 Å². The maximum absolute atomic E-state index is 10.5. The van der Waals surface area contributed by atoms with Gasteiger partial charge in [0.05, 0.1) is 19.8 Å². The molecule has 0 unspecified atom stereocenters. The normalized spacial score (nSPS) is 14.5. The summed E-state index contributed by atoms with van der Waals surface area (Å²) in [4.78, 5) is 20.7. The maximum atomic E-state index is 10.5. The molecule has 0 aromatic heterocycles. The molecule has 0 aromatic rings. The van der Waals surface area contributed by atoms with Gasteiger partial charge in [-0.25, -0.2) is 0 Å². The van der Waals surface area contributed by atoms with E-state index in [1.54, 1.807) is 0 Å². The Kier molecular flexibility index (Phi) is 12.8. The van der Waals surface area contributed by atoms with E-state index in [2.05, 4.69) is 4.74 Å². The summed E-state index contributed by atoms with van der Waals surface area (Å²) in [5.41, 5.74) is 0. The molecule has 0 bridgehead atoms. The van der Waals surface area contributed by atoms with Crippen LogP contribution in [0.5, 0.6) is 0 Å². The predicted molar refractivity (Wildman–Crippen MR) is 72.0 cm³/mol. The van der Waals surface area contributed by atoms with Crippen molar-refractivity contribution in [1.82, 2.24) is 0 Å². The van der Waals surface area contributed by atoms with Crippen LogP contribution in [0.3, 0.4) is 0 Å². The lowest BCUT2D eigenvalue weighted by Gasteiger charge is -2.05. The number of hydrogen-bond donors (Lipinski definition) is 0. The zero-order chi connectivity index (χ0) is 14.3. The van der Waals surface area contributed by atoms with Crippen LogP contribution in [-0.2, 0) is 23.8 Å². The Morgan fingerprint density at radius 1 is 1.00 bits per heavy atom. The van der Waals surface area contributed by atoms with Gasteiger partial charge in [0.1, 0.15) is 12.4 Å². The van der Waals surface area contributed by atoms with E-state index in [-0.39, 0.29) is 5.97 Å². The lowest BCUT2D eigenvalue weighted by atomic mass is 10.00. The number of hydrogen-bond acceptors (Lipinski definition) is 5. The molecule has 112 valence electrons. The molecule has 1 aliphatic rings. The van der Waals surface area contributed by atoms with E-state index in [4.69, 9.17) is 9.47 Å². The Morgan fingerprint density at radius 3 is 2.05 bits per heavy atom. The van der Waals surface area contributed by atoms with Crippen LogP contribution in [0, 0.1) is 0 Å². The highest BCUT2D eigenvalue weighted by Crippen LogP contribution is 2.12. The molecule has 5 nitrogen and oxygen atoms in total. The zero-order valence-corrected chi connectivity index (χ0v) is 12.1. The topological polar surface area (TPSA) is 61.8 Å². The summed E-state index contributed by atoms with van der Waals surface area (Å²) in [6, 6.07) is 0. The van der Waals surface area contributed by atoms with Crippen molar-refractivity contribution in [1.29, 1.82) is 0 Å². The second kappa shape index (κ2) is 13.5. The standard InChI is InChI=1S/C8H16O4.C6H10O/c1-3-10-4-5-11-6-7-12-8(2)9;7-6-4-2-1-3-5-6/h3-7H2,1-2H3;1-5H2. The fraction of sp³-hybridized carbons (Fsp3) is 0.857. The summed E-state index contributed by atoms with van der Waals surface area (Å²) < 4.78 is 14.8. The van der Waals surface area contributed by atoms with Gasteiger partial charge in [-0.1, -0.05) is 6.42 Å². The summed E-state index contributed by atoms with van der Waals surface area (Å²) in [6.45, 7) is 5.91. The van der Waals surface area contributed by atoms with Gasteiger partial charge in [-0.05, 0) is 19.8 Å². The van der Waals surface area contributed by atoms with E-state index >= 15 is 0 Å². The van der Waals surface area contributed by atoms with Crippen LogP contribution in [0.15, 0.2) is 0 Å². The molecule has 1 fully saturated rings. The zero-order valence-electron chi connectivity index (χ0n) is 12.1. The fourth-order valence-corrected chi connectivity index (χ4v) is 1.55. The first-order valence-electron chi connectivity index (χ1n) is 6.97. The molecule has 0 heterocycles. The van der Waals surface area contributed by atoms with Crippen LogP contribution >= 0.6 is 0 Å². The van der Waals surface area contributed by atoms with Crippen LogP contribution in [-0.4, -0.2) is 44.8 Å². The molecule has 1 rings (SSSR count). The average molecular weight is 274 g/mol. The molecule has 19 heavy (non-hydrogen) atoms. The number of ether oxygens (including phenoxy) is 3. The van der Waals surface area contributed by atoms with Gasteiger partial charge in [0.2, 0.25) is 0 Å². The Morgan fingerprint density at radius 2 is 1.58 bits per heavy atom. The molecule has 1 aliphatic carbocycles. The van der Waals surface area contributed by atoms with Crippen molar-refractivity contribution in [3.8, 4) is 0 Å². The molecular weight excluding hydrogens is 248 g/mol. The number of ketones is 1. The molecule has 0 aromatic carbocycles. The number of carbonyl (C=O) groups is 2. The minimum Gasteiger partial charge on any atom is -0.463 e. The molecule has 0 radical (unpaired) electrons. The SMILES string of the molecule is CCOCCOCCOC(C)=O.O=C1CCCCC1. The Bertz CT molecular complexity index is 232. The van der Waals surface area contributed by atoms with Crippen LogP contribution in [0.25, 0.3) is 0 Å². The van der Waals surface area contributed by atoms with Crippen molar-refractivity contribution < 1.29 is 23.8 Å². The number of rotatable bonds is 7.